The van der Waals surface area contributed by atoms with E-state index in [1.165, 1.54) is 12.8 Å². The highest BCUT2D eigenvalue weighted by Gasteiger charge is 2.34. The minimum atomic E-state index is 0.210. The number of nitriles is 1. The predicted molar refractivity (Wildman–Crippen MR) is 93.0 cm³/mol. The van der Waals surface area contributed by atoms with Crippen LogP contribution in [0.15, 0.2) is 36.4 Å². The molecule has 4 rings (SSSR count). The summed E-state index contributed by atoms with van der Waals surface area (Å²) in [4.78, 5) is 4.37. The van der Waals surface area contributed by atoms with Crippen LogP contribution in [0.3, 0.4) is 0 Å². The van der Waals surface area contributed by atoms with Crippen LogP contribution in [0.4, 0.5) is 0 Å². The number of nitrogens with one attached hydrogen (secondary N) is 1. The molecule has 0 amide bonds. The van der Waals surface area contributed by atoms with E-state index in [4.69, 9.17) is 16.3 Å². The minimum Gasteiger partial charge on any atom is -0.490 e. The van der Waals surface area contributed by atoms with Crippen LogP contribution < -0.4 is 10.1 Å². The van der Waals surface area contributed by atoms with E-state index in [1.54, 1.807) is 12.1 Å². The summed E-state index contributed by atoms with van der Waals surface area (Å²) in [6, 6.07) is 14.4. The molecule has 2 fully saturated rings. The standard InChI is InChI=1S/C19H18ClN3O/c20-19-10-16(24-15-7-13-5-6-14(8-15)22-13)9-18(23-19)17-4-2-1-3-12(17)11-21/h1-4,9-10,13-15,22H,5-8H2/t13-,14+,15-. The number of hydrogen-bond acceptors (Lipinski definition) is 4. The molecule has 1 aromatic carbocycles. The molecule has 0 saturated carbocycles. The van der Waals surface area contributed by atoms with Gasteiger partial charge in [-0.3, -0.25) is 0 Å². The number of fused-ring (bicyclic) bond motifs is 2. The first-order valence-electron chi connectivity index (χ1n) is 8.31. The van der Waals surface area contributed by atoms with Crippen LogP contribution >= 0.6 is 11.6 Å². The molecule has 4 nitrogen and oxygen atoms in total. The zero-order valence-electron chi connectivity index (χ0n) is 13.2. The SMILES string of the molecule is N#Cc1ccccc1-c1cc(O[C@@H]2C[C@H]3CC[C@@H](C2)N3)cc(Cl)n1. The van der Waals surface area contributed by atoms with E-state index in [0.29, 0.717) is 28.5 Å². The van der Waals surface area contributed by atoms with Crippen molar-refractivity contribution in [3.63, 3.8) is 0 Å². The van der Waals surface area contributed by atoms with Crippen molar-refractivity contribution in [2.45, 2.75) is 43.9 Å². The van der Waals surface area contributed by atoms with Crippen LogP contribution in [0, 0.1) is 11.3 Å². The summed E-state index contributed by atoms with van der Waals surface area (Å²) in [5, 5.41) is 13.3. The van der Waals surface area contributed by atoms with E-state index in [9.17, 15) is 5.26 Å². The van der Waals surface area contributed by atoms with Crippen LogP contribution in [-0.2, 0) is 0 Å². The zero-order chi connectivity index (χ0) is 16.5. The molecule has 2 aliphatic heterocycles. The second kappa shape index (κ2) is 6.43. The van der Waals surface area contributed by atoms with Crippen LogP contribution in [0.5, 0.6) is 5.75 Å². The molecule has 24 heavy (non-hydrogen) atoms. The van der Waals surface area contributed by atoms with Crippen molar-refractivity contribution in [2.24, 2.45) is 0 Å². The van der Waals surface area contributed by atoms with E-state index in [-0.39, 0.29) is 6.10 Å². The Kier molecular flexibility index (Phi) is 4.13. The van der Waals surface area contributed by atoms with Gasteiger partial charge in [0.1, 0.15) is 17.0 Å². The number of benzene rings is 1. The van der Waals surface area contributed by atoms with Gasteiger partial charge in [0.05, 0.1) is 17.3 Å². The molecule has 0 aliphatic carbocycles. The molecule has 0 unspecified atom stereocenters. The summed E-state index contributed by atoms with van der Waals surface area (Å²) in [6.07, 6.45) is 4.74. The zero-order valence-corrected chi connectivity index (χ0v) is 14.0. The Balaban J connectivity index is 1.61. The lowest BCUT2D eigenvalue weighted by Gasteiger charge is -2.29. The third-order valence-electron chi connectivity index (χ3n) is 4.82. The summed E-state index contributed by atoms with van der Waals surface area (Å²) in [7, 11) is 0. The molecule has 3 heterocycles. The normalized spacial score (nSPS) is 25.2. The molecule has 2 aliphatic rings. The minimum absolute atomic E-state index is 0.210. The summed E-state index contributed by atoms with van der Waals surface area (Å²) in [6.45, 7) is 0. The number of pyridine rings is 1. The Morgan fingerprint density at radius 1 is 1.17 bits per heavy atom. The Morgan fingerprint density at radius 3 is 2.67 bits per heavy atom. The van der Waals surface area contributed by atoms with Gasteiger partial charge in [-0.1, -0.05) is 29.8 Å². The van der Waals surface area contributed by atoms with Gasteiger partial charge in [-0.15, -0.1) is 0 Å². The van der Waals surface area contributed by atoms with Crippen LogP contribution in [-0.4, -0.2) is 23.2 Å². The van der Waals surface area contributed by atoms with Crippen molar-refractivity contribution < 1.29 is 4.74 Å². The van der Waals surface area contributed by atoms with Crippen molar-refractivity contribution in [3.8, 4) is 23.1 Å². The fraction of sp³-hybridized carbons (Fsp3) is 0.368. The van der Waals surface area contributed by atoms with Gasteiger partial charge in [0.15, 0.2) is 0 Å². The highest BCUT2D eigenvalue weighted by Crippen LogP contribution is 2.32. The van der Waals surface area contributed by atoms with E-state index in [1.807, 2.05) is 24.3 Å². The van der Waals surface area contributed by atoms with Crippen LogP contribution in [0.2, 0.25) is 5.15 Å². The number of ether oxygens (including phenoxy) is 1. The number of nitrogens with zero attached hydrogens (tertiary/aromatic N) is 2. The summed E-state index contributed by atoms with van der Waals surface area (Å²) < 4.78 is 6.21. The summed E-state index contributed by atoms with van der Waals surface area (Å²) >= 11 is 6.20. The maximum atomic E-state index is 9.30. The average molecular weight is 340 g/mol. The molecule has 0 spiro atoms. The fourth-order valence-electron chi connectivity index (χ4n) is 3.78. The lowest BCUT2D eigenvalue weighted by atomic mass is 10.0. The van der Waals surface area contributed by atoms with Gasteiger partial charge in [0.2, 0.25) is 0 Å². The van der Waals surface area contributed by atoms with Gasteiger partial charge < -0.3 is 10.1 Å². The molecule has 2 bridgehead atoms. The molecule has 5 heteroatoms. The van der Waals surface area contributed by atoms with Gasteiger partial charge in [-0.05, 0) is 31.7 Å². The second-order valence-electron chi connectivity index (χ2n) is 6.52. The molecule has 122 valence electrons. The number of hydrogen-bond donors (Lipinski definition) is 1. The molecule has 1 aromatic heterocycles. The number of rotatable bonds is 3. The third kappa shape index (κ3) is 3.10. The third-order valence-corrected chi connectivity index (χ3v) is 5.02. The molecular formula is C19H18ClN3O. The maximum absolute atomic E-state index is 9.30. The molecule has 2 aromatic rings. The van der Waals surface area contributed by atoms with Crippen LogP contribution in [0.1, 0.15) is 31.2 Å². The Labute approximate surface area is 146 Å². The molecule has 2 saturated heterocycles. The Hall–Kier alpha value is -2.09. The molecule has 3 atom stereocenters. The smallest absolute Gasteiger partial charge is 0.133 e. The average Bonchev–Trinajstić information content (AvgIpc) is 2.93. The summed E-state index contributed by atoms with van der Waals surface area (Å²) in [5.74, 6) is 0.726. The van der Waals surface area contributed by atoms with E-state index in [0.717, 1.165) is 24.2 Å². The monoisotopic (exact) mass is 339 g/mol. The molecule has 0 radical (unpaired) electrons. The fourth-order valence-corrected chi connectivity index (χ4v) is 3.98. The molecule has 1 N–H and O–H groups in total. The largest absolute Gasteiger partial charge is 0.490 e. The predicted octanol–water partition coefficient (Wildman–Crippen LogP) is 3.94. The van der Waals surface area contributed by atoms with Gasteiger partial charge in [0.25, 0.3) is 0 Å². The van der Waals surface area contributed by atoms with Crippen molar-refractivity contribution >= 4 is 11.6 Å². The van der Waals surface area contributed by atoms with E-state index in [2.05, 4.69) is 16.4 Å². The van der Waals surface area contributed by atoms with Gasteiger partial charge in [0, 0.05) is 29.8 Å². The van der Waals surface area contributed by atoms with Crippen molar-refractivity contribution in [2.75, 3.05) is 0 Å². The maximum Gasteiger partial charge on any atom is 0.133 e. The highest BCUT2D eigenvalue weighted by molar-refractivity contribution is 6.29. The van der Waals surface area contributed by atoms with Gasteiger partial charge in [-0.25, -0.2) is 4.98 Å². The lowest BCUT2D eigenvalue weighted by Crippen LogP contribution is -2.42. The van der Waals surface area contributed by atoms with Gasteiger partial charge in [-0.2, -0.15) is 5.26 Å². The lowest BCUT2D eigenvalue weighted by molar-refractivity contribution is 0.137. The first kappa shape index (κ1) is 15.4. The van der Waals surface area contributed by atoms with E-state index < -0.39 is 0 Å². The topological polar surface area (TPSA) is 57.9 Å². The van der Waals surface area contributed by atoms with Crippen LogP contribution in [0.25, 0.3) is 11.3 Å². The quantitative estimate of drug-likeness (QED) is 0.861. The number of piperidine rings is 1. The van der Waals surface area contributed by atoms with Gasteiger partial charge >= 0.3 is 0 Å². The molecular weight excluding hydrogens is 322 g/mol. The first-order valence-corrected chi connectivity index (χ1v) is 8.69. The Morgan fingerprint density at radius 2 is 1.92 bits per heavy atom. The van der Waals surface area contributed by atoms with Crippen molar-refractivity contribution in [1.82, 2.24) is 10.3 Å². The van der Waals surface area contributed by atoms with Crippen molar-refractivity contribution in [1.29, 1.82) is 5.26 Å². The summed E-state index contributed by atoms with van der Waals surface area (Å²) in [5.41, 5.74) is 2.03. The number of halogens is 1. The first-order chi connectivity index (χ1) is 11.7. The Bertz CT molecular complexity index is 789. The van der Waals surface area contributed by atoms with Crippen molar-refractivity contribution in [3.05, 3.63) is 47.1 Å². The number of aromatic nitrogens is 1. The van der Waals surface area contributed by atoms with E-state index >= 15 is 0 Å². The second-order valence-corrected chi connectivity index (χ2v) is 6.90. The highest BCUT2D eigenvalue weighted by atomic mass is 35.5.